The topological polar surface area (TPSA) is 79.4 Å². The van der Waals surface area contributed by atoms with E-state index in [2.05, 4.69) is 15.9 Å². The molecule has 2 rings (SSSR count). The monoisotopic (exact) mass is 309 g/mol. The van der Waals surface area contributed by atoms with Crippen molar-refractivity contribution in [2.75, 3.05) is 25.4 Å². The van der Waals surface area contributed by atoms with Crippen LogP contribution < -0.4 is 5.73 Å². The standard InChI is InChI=1S/C12H12BrN3O2/c13-9-3-8(4-10(15)5-9)12(17)16-1-2-18-11(6-14)7-16/h3-5,11H,1-2,7,15H2. The largest absolute Gasteiger partial charge is 0.399 e. The number of nitrogens with zero attached hydrogens (tertiary/aromatic N) is 2. The number of carbonyl (C=O) groups is 1. The molecule has 1 heterocycles. The van der Waals surface area contributed by atoms with Crippen molar-refractivity contribution in [3.05, 3.63) is 28.2 Å². The number of anilines is 1. The Morgan fingerprint density at radius 1 is 1.56 bits per heavy atom. The number of halogens is 1. The number of morpholine rings is 1. The van der Waals surface area contributed by atoms with E-state index in [0.717, 1.165) is 4.47 Å². The average Bonchev–Trinajstić information content (AvgIpc) is 2.37. The second kappa shape index (κ2) is 5.38. The van der Waals surface area contributed by atoms with E-state index in [4.69, 9.17) is 15.7 Å². The number of hydrogen-bond donors (Lipinski definition) is 1. The van der Waals surface area contributed by atoms with Crippen molar-refractivity contribution in [2.24, 2.45) is 0 Å². The second-order valence-corrected chi connectivity index (χ2v) is 4.93. The van der Waals surface area contributed by atoms with Gasteiger partial charge >= 0.3 is 0 Å². The number of rotatable bonds is 1. The summed E-state index contributed by atoms with van der Waals surface area (Å²) in [7, 11) is 0. The lowest BCUT2D eigenvalue weighted by Gasteiger charge is -2.29. The van der Waals surface area contributed by atoms with Crippen molar-refractivity contribution in [1.29, 1.82) is 5.26 Å². The van der Waals surface area contributed by atoms with E-state index in [1.54, 1.807) is 23.1 Å². The van der Waals surface area contributed by atoms with E-state index in [0.29, 0.717) is 30.9 Å². The minimum Gasteiger partial charge on any atom is -0.399 e. The van der Waals surface area contributed by atoms with Gasteiger partial charge in [0, 0.05) is 22.3 Å². The van der Waals surface area contributed by atoms with Crippen LogP contribution >= 0.6 is 15.9 Å². The molecule has 1 atom stereocenters. The molecule has 0 aliphatic carbocycles. The molecule has 18 heavy (non-hydrogen) atoms. The number of nitrogens with two attached hydrogens (primary N) is 1. The minimum absolute atomic E-state index is 0.133. The lowest BCUT2D eigenvalue weighted by Crippen LogP contribution is -2.45. The molecule has 1 amide bonds. The highest BCUT2D eigenvalue weighted by molar-refractivity contribution is 9.10. The van der Waals surface area contributed by atoms with Crippen molar-refractivity contribution in [2.45, 2.75) is 6.10 Å². The van der Waals surface area contributed by atoms with Gasteiger partial charge in [-0.15, -0.1) is 0 Å². The third-order valence-electron chi connectivity index (χ3n) is 2.66. The van der Waals surface area contributed by atoms with E-state index in [9.17, 15) is 4.79 Å². The summed E-state index contributed by atoms with van der Waals surface area (Å²) < 4.78 is 5.96. The first-order chi connectivity index (χ1) is 8.60. The van der Waals surface area contributed by atoms with Crippen molar-refractivity contribution in [3.8, 4) is 6.07 Å². The highest BCUT2D eigenvalue weighted by Gasteiger charge is 2.25. The number of hydrogen-bond acceptors (Lipinski definition) is 4. The summed E-state index contributed by atoms with van der Waals surface area (Å²) in [6.07, 6.45) is -0.549. The second-order valence-electron chi connectivity index (χ2n) is 4.01. The smallest absolute Gasteiger partial charge is 0.254 e. The molecule has 1 aliphatic rings. The number of benzene rings is 1. The van der Waals surface area contributed by atoms with Crippen LogP contribution in [0.3, 0.4) is 0 Å². The minimum atomic E-state index is -0.549. The highest BCUT2D eigenvalue weighted by Crippen LogP contribution is 2.19. The molecule has 1 saturated heterocycles. The van der Waals surface area contributed by atoms with Gasteiger partial charge < -0.3 is 15.4 Å². The predicted octanol–water partition coefficient (Wildman–Crippen LogP) is 1.40. The fraction of sp³-hybridized carbons (Fsp3) is 0.333. The summed E-state index contributed by atoms with van der Waals surface area (Å²) in [4.78, 5) is 13.9. The van der Waals surface area contributed by atoms with Crippen LogP contribution in [0.15, 0.2) is 22.7 Å². The molecule has 1 aliphatic heterocycles. The lowest BCUT2D eigenvalue weighted by molar-refractivity contribution is 0.00347. The van der Waals surface area contributed by atoms with Gasteiger partial charge in [-0.1, -0.05) is 15.9 Å². The van der Waals surface area contributed by atoms with Crippen LogP contribution in [0.5, 0.6) is 0 Å². The Hall–Kier alpha value is -1.58. The Morgan fingerprint density at radius 3 is 3.00 bits per heavy atom. The zero-order valence-corrected chi connectivity index (χ0v) is 11.2. The van der Waals surface area contributed by atoms with Crippen LogP contribution in [0, 0.1) is 11.3 Å². The van der Waals surface area contributed by atoms with Crippen molar-refractivity contribution in [3.63, 3.8) is 0 Å². The van der Waals surface area contributed by atoms with E-state index in [-0.39, 0.29) is 5.91 Å². The Morgan fingerprint density at radius 2 is 2.33 bits per heavy atom. The Kier molecular flexibility index (Phi) is 3.84. The van der Waals surface area contributed by atoms with Gasteiger partial charge in [0.05, 0.1) is 19.2 Å². The quantitative estimate of drug-likeness (QED) is 0.795. The SMILES string of the molecule is N#CC1CN(C(=O)c2cc(N)cc(Br)c2)CCO1. The molecule has 1 fully saturated rings. The van der Waals surface area contributed by atoms with Crippen molar-refractivity contribution >= 4 is 27.5 Å². The van der Waals surface area contributed by atoms with Gasteiger partial charge in [0.2, 0.25) is 0 Å². The zero-order chi connectivity index (χ0) is 13.1. The molecule has 1 unspecified atom stereocenters. The van der Waals surface area contributed by atoms with E-state index in [1.165, 1.54) is 0 Å². The average molecular weight is 310 g/mol. The summed E-state index contributed by atoms with van der Waals surface area (Å²) in [5.74, 6) is -0.133. The summed E-state index contributed by atoms with van der Waals surface area (Å²) in [5.41, 5.74) is 6.74. The molecule has 94 valence electrons. The third kappa shape index (κ3) is 2.81. The highest BCUT2D eigenvalue weighted by atomic mass is 79.9. The summed E-state index contributed by atoms with van der Waals surface area (Å²) >= 11 is 3.30. The molecule has 0 bridgehead atoms. The molecule has 0 radical (unpaired) electrons. The Labute approximate surface area is 113 Å². The number of nitrogen functional groups attached to an aromatic ring is 1. The van der Waals surface area contributed by atoms with Crippen LogP contribution in [0.1, 0.15) is 10.4 Å². The molecule has 5 nitrogen and oxygen atoms in total. The molecule has 1 aromatic carbocycles. The molecule has 1 aromatic rings. The predicted molar refractivity (Wildman–Crippen MR) is 69.8 cm³/mol. The van der Waals surface area contributed by atoms with Gasteiger partial charge in [0.1, 0.15) is 0 Å². The van der Waals surface area contributed by atoms with Crippen LogP contribution in [0.4, 0.5) is 5.69 Å². The van der Waals surface area contributed by atoms with Gasteiger partial charge in [-0.25, -0.2) is 0 Å². The van der Waals surface area contributed by atoms with Crippen LogP contribution in [0.2, 0.25) is 0 Å². The van der Waals surface area contributed by atoms with Crippen LogP contribution in [-0.2, 0) is 4.74 Å². The molecular formula is C12H12BrN3O2. The number of ether oxygens (including phenoxy) is 1. The normalized spacial score (nSPS) is 19.3. The number of amides is 1. The fourth-order valence-corrected chi connectivity index (χ4v) is 2.34. The van der Waals surface area contributed by atoms with Gasteiger partial charge in [-0.05, 0) is 18.2 Å². The first-order valence-corrected chi connectivity index (χ1v) is 6.26. The maximum Gasteiger partial charge on any atom is 0.254 e. The lowest BCUT2D eigenvalue weighted by atomic mass is 10.1. The zero-order valence-electron chi connectivity index (χ0n) is 9.60. The molecular weight excluding hydrogens is 298 g/mol. The van der Waals surface area contributed by atoms with Crippen molar-refractivity contribution in [1.82, 2.24) is 4.90 Å². The van der Waals surface area contributed by atoms with E-state index < -0.39 is 6.10 Å². The summed E-state index contributed by atoms with van der Waals surface area (Å²) in [6.45, 7) is 1.17. The first-order valence-electron chi connectivity index (χ1n) is 5.46. The maximum atomic E-state index is 12.3. The van der Waals surface area contributed by atoms with E-state index >= 15 is 0 Å². The van der Waals surface area contributed by atoms with E-state index in [1.807, 2.05) is 6.07 Å². The molecule has 2 N–H and O–H groups in total. The third-order valence-corrected chi connectivity index (χ3v) is 3.12. The maximum absolute atomic E-state index is 12.3. The molecule has 0 saturated carbocycles. The first kappa shape index (κ1) is 12.9. The number of carbonyl (C=O) groups excluding carboxylic acids is 1. The Bertz CT molecular complexity index is 492. The molecule has 0 spiro atoms. The van der Waals surface area contributed by atoms with Gasteiger partial charge in [0.15, 0.2) is 6.10 Å². The van der Waals surface area contributed by atoms with Gasteiger partial charge in [0.25, 0.3) is 5.91 Å². The Balaban J connectivity index is 2.18. The fourth-order valence-electron chi connectivity index (χ4n) is 1.83. The van der Waals surface area contributed by atoms with Crippen LogP contribution in [0.25, 0.3) is 0 Å². The van der Waals surface area contributed by atoms with Gasteiger partial charge in [-0.3, -0.25) is 4.79 Å². The molecule has 6 heteroatoms. The van der Waals surface area contributed by atoms with Gasteiger partial charge in [-0.2, -0.15) is 5.26 Å². The summed E-state index contributed by atoms with van der Waals surface area (Å²) in [5, 5.41) is 8.81. The summed E-state index contributed by atoms with van der Waals surface area (Å²) in [6, 6.07) is 7.09. The van der Waals surface area contributed by atoms with Crippen molar-refractivity contribution < 1.29 is 9.53 Å². The number of nitriles is 1. The van der Waals surface area contributed by atoms with Crippen LogP contribution in [-0.4, -0.2) is 36.6 Å². The molecule has 0 aromatic heterocycles.